The molecule has 2 heterocycles. The van der Waals surface area contributed by atoms with Crippen molar-refractivity contribution in [2.45, 2.75) is 189 Å². The lowest BCUT2D eigenvalue weighted by atomic mass is 9.94. The van der Waals surface area contributed by atoms with Crippen molar-refractivity contribution in [2.75, 3.05) is 20.1 Å². The van der Waals surface area contributed by atoms with Gasteiger partial charge in [-0.3, -0.25) is 58.2 Å². The predicted molar refractivity (Wildman–Crippen MR) is 380 cm³/mol. The van der Waals surface area contributed by atoms with Crippen molar-refractivity contribution in [2.24, 2.45) is 29.2 Å². The first-order chi connectivity index (χ1) is 47.8. The third-order valence-corrected chi connectivity index (χ3v) is 20.1. The topological polar surface area (TPSA) is 396 Å². The van der Waals surface area contributed by atoms with Crippen LogP contribution in [0.5, 0.6) is 0 Å². The standard InChI is InChI=1S/C73H97N15O11S/c1-9-46(6)56(31-34-63(90)87-86-58(67(75)93)36-48-21-22-48)83-71(97)60(38-51-40-76-42-80-51)82-64(91)41-79-73(99)66(43(2)3)85-68(94)47(7)81-70(96)59(37-50-39-78-57-15-11-10-14-55(50)57)84-72(98)61(32-33-62(74)89)88(8)65(92)16-12-13-35-77-69(95)49-23-29-54(30-24-49)100(52-25-17-44(4)18-26-52)53-27-19-45(5)20-28-53/h10-11,14-15,17-20,23-30,39-40,42-43,46-48,56,58-61,66,78,86H,9,12-13,16,21-22,31-38,41H2,1-8H3,(H12-,74,75,76,77,79,80,81,82,83,84,85,87,89,90,91,93,94,95,96,97,98,99)/p+1/t46-,47-,56+,58-,59-,60-,61-,66-/m0/s1. The van der Waals surface area contributed by atoms with Gasteiger partial charge in [0.05, 0.1) is 23.8 Å². The normalized spacial score (nSPS) is 14.4. The van der Waals surface area contributed by atoms with E-state index in [0.29, 0.717) is 48.4 Å². The summed E-state index contributed by atoms with van der Waals surface area (Å²) in [5, 5.41) is 20.1. The van der Waals surface area contributed by atoms with E-state index in [2.05, 4.69) is 125 Å². The van der Waals surface area contributed by atoms with Crippen molar-refractivity contribution in [1.82, 2.24) is 67.9 Å². The van der Waals surface area contributed by atoms with Crippen molar-refractivity contribution in [3.8, 4) is 0 Å². The molecule has 27 heteroatoms. The Labute approximate surface area is 586 Å². The van der Waals surface area contributed by atoms with Gasteiger partial charge in [-0.25, -0.2) is 10.4 Å². The van der Waals surface area contributed by atoms with Crippen LogP contribution >= 0.6 is 0 Å². The number of aromatic nitrogens is 3. The van der Waals surface area contributed by atoms with Crippen LogP contribution in [0, 0.1) is 31.6 Å². The Kier molecular flexibility index (Phi) is 29.4. The Morgan fingerprint density at radius 2 is 1.27 bits per heavy atom. The number of rotatable bonds is 40. The quantitative estimate of drug-likeness (QED) is 0.0144. The molecule has 8 atom stereocenters. The van der Waals surface area contributed by atoms with Gasteiger partial charge in [0, 0.05) is 86.3 Å². The van der Waals surface area contributed by atoms with E-state index in [-0.39, 0.29) is 63.3 Å². The number of primary amides is 2. The Hall–Kier alpha value is -9.89. The predicted octanol–water partition coefficient (Wildman–Crippen LogP) is 4.40. The molecule has 1 aliphatic rings. The van der Waals surface area contributed by atoms with Gasteiger partial charge < -0.3 is 63.6 Å². The number of hydrogen-bond acceptors (Lipinski definition) is 13. The van der Waals surface area contributed by atoms with Gasteiger partial charge >= 0.3 is 0 Å². The number of amides is 11. The first kappa shape index (κ1) is 77.5. The number of aromatic amines is 2. The number of nitrogens with one attached hydrogen (secondary N) is 11. The van der Waals surface area contributed by atoms with Crippen molar-refractivity contribution >= 4 is 86.8 Å². The van der Waals surface area contributed by atoms with Crippen LogP contribution in [0.2, 0.25) is 0 Å². The summed E-state index contributed by atoms with van der Waals surface area (Å²) in [6.07, 6.45) is 8.18. The minimum absolute atomic E-state index is 0.00663. The number of carbonyl (C=O) groups is 11. The first-order valence-electron chi connectivity index (χ1n) is 34.2. The molecule has 1 saturated carbocycles. The molecular formula is C73H98N15O11S+. The van der Waals surface area contributed by atoms with Crippen molar-refractivity contribution in [1.29, 1.82) is 0 Å². The van der Waals surface area contributed by atoms with Crippen LogP contribution < -0.4 is 59.5 Å². The van der Waals surface area contributed by atoms with Gasteiger partial charge in [0.2, 0.25) is 59.1 Å². The van der Waals surface area contributed by atoms with Gasteiger partial charge in [-0.1, -0.05) is 101 Å². The van der Waals surface area contributed by atoms with E-state index in [9.17, 15) is 52.7 Å². The summed E-state index contributed by atoms with van der Waals surface area (Å²) in [6.45, 7) is 12.3. The molecule has 0 bridgehead atoms. The number of para-hydroxylation sites is 1. The second-order valence-electron chi connectivity index (χ2n) is 26.3. The number of unbranched alkanes of at least 4 members (excludes halogenated alkanes) is 1. The molecule has 0 aliphatic heterocycles. The van der Waals surface area contributed by atoms with Gasteiger partial charge in [0.1, 0.15) is 36.3 Å². The maximum atomic E-state index is 14.5. The first-order valence-corrected chi connectivity index (χ1v) is 35.5. The van der Waals surface area contributed by atoms with Gasteiger partial charge in [-0.15, -0.1) is 0 Å². The molecule has 11 amide bonds. The van der Waals surface area contributed by atoms with E-state index in [0.717, 1.165) is 49.6 Å². The zero-order chi connectivity index (χ0) is 72.6. The molecule has 1 fully saturated rings. The average Bonchev–Trinajstić information content (AvgIpc) is 1.03. The molecule has 0 radical (unpaired) electrons. The van der Waals surface area contributed by atoms with E-state index < -0.39 is 125 Å². The molecule has 26 nitrogen and oxygen atoms in total. The number of H-pyrrole nitrogens is 2. The third-order valence-electron chi connectivity index (χ3n) is 17.9. The highest BCUT2D eigenvalue weighted by molar-refractivity contribution is 7.97. The monoisotopic (exact) mass is 1390 g/mol. The molecule has 4 aromatic carbocycles. The Morgan fingerprint density at radius 1 is 0.640 bits per heavy atom. The van der Waals surface area contributed by atoms with Gasteiger partial charge in [-0.2, -0.15) is 0 Å². The molecule has 1 aliphatic carbocycles. The number of likely N-dealkylation sites (N-methyl/N-ethyl adjacent to an activating group) is 1. The molecule has 0 unspecified atom stereocenters. The summed E-state index contributed by atoms with van der Waals surface area (Å²) in [5.41, 5.74) is 21.1. The molecule has 100 heavy (non-hydrogen) atoms. The second kappa shape index (κ2) is 37.9. The van der Waals surface area contributed by atoms with Crippen molar-refractivity contribution in [3.05, 3.63) is 144 Å². The Morgan fingerprint density at radius 3 is 1.87 bits per heavy atom. The van der Waals surface area contributed by atoms with Crippen LogP contribution in [0.4, 0.5) is 0 Å². The lowest BCUT2D eigenvalue weighted by Gasteiger charge is -2.30. The third kappa shape index (κ3) is 23.7. The highest BCUT2D eigenvalue weighted by Gasteiger charge is 2.36. The second-order valence-corrected chi connectivity index (χ2v) is 28.3. The molecule has 0 saturated heterocycles. The number of aryl methyl sites for hydroxylation is 2. The minimum atomic E-state index is -1.36. The maximum Gasteiger partial charge on any atom is 0.251 e. The number of fused-ring (bicyclic) bond motifs is 1. The number of nitrogens with zero attached hydrogens (tertiary/aromatic N) is 2. The van der Waals surface area contributed by atoms with Crippen LogP contribution in [-0.4, -0.2) is 147 Å². The van der Waals surface area contributed by atoms with Crippen molar-refractivity contribution in [3.63, 3.8) is 0 Å². The average molecular weight is 1390 g/mol. The summed E-state index contributed by atoms with van der Waals surface area (Å²) < 4.78 is 0. The van der Waals surface area contributed by atoms with E-state index in [1.165, 1.54) is 31.4 Å². The number of imidazole rings is 1. The van der Waals surface area contributed by atoms with Gasteiger partial charge in [-0.05, 0) is 131 Å². The fourth-order valence-electron chi connectivity index (χ4n) is 11.4. The molecule has 7 rings (SSSR count). The van der Waals surface area contributed by atoms with E-state index in [1.807, 2.05) is 62.4 Å². The van der Waals surface area contributed by atoms with Crippen LogP contribution in [0.25, 0.3) is 10.9 Å². The molecule has 536 valence electrons. The summed E-state index contributed by atoms with van der Waals surface area (Å²) in [7, 11) is 1.02. The fraction of sp³-hybridized carbons (Fsp3) is 0.452. The zero-order valence-corrected chi connectivity index (χ0v) is 59.1. The van der Waals surface area contributed by atoms with Crippen LogP contribution in [0.15, 0.2) is 130 Å². The summed E-state index contributed by atoms with van der Waals surface area (Å²) >= 11 is 0. The number of hydrogen-bond donors (Lipinski definition) is 13. The van der Waals surface area contributed by atoms with Gasteiger partial charge in [0.25, 0.3) is 5.91 Å². The van der Waals surface area contributed by atoms with Crippen molar-refractivity contribution < 1.29 is 52.7 Å². The minimum Gasteiger partial charge on any atom is -0.370 e. The van der Waals surface area contributed by atoms with Crippen LogP contribution in [0.3, 0.4) is 0 Å². The summed E-state index contributed by atoms with van der Waals surface area (Å²) in [6, 6.07) is 24.2. The summed E-state index contributed by atoms with van der Waals surface area (Å²) in [4.78, 5) is 164. The zero-order valence-electron chi connectivity index (χ0n) is 58.3. The molecule has 15 N–H and O–H groups in total. The highest BCUT2D eigenvalue weighted by atomic mass is 32.2. The molecule has 0 spiro atoms. The van der Waals surface area contributed by atoms with Gasteiger partial charge in [0.15, 0.2) is 14.7 Å². The Bertz CT molecular complexity index is 3720. The largest absolute Gasteiger partial charge is 0.370 e. The van der Waals surface area contributed by atoms with E-state index in [1.54, 1.807) is 20.0 Å². The van der Waals surface area contributed by atoms with E-state index >= 15 is 0 Å². The number of carbonyl (C=O) groups excluding carboxylic acids is 11. The Balaban J connectivity index is 0.932. The maximum absolute atomic E-state index is 14.5. The lowest BCUT2D eigenvalue weighted by Crippen LogP contribution is -2.59. The highest BCUT2D eigenvalue weighted by Crippen LogP contribution is 2.34. The van der Waals surface area contributed by atoms with Crippen LogP contribution in [-0.2, 0) is 71.7 Å². The SMILES string of the molecule is CC[C@H](C)[C@@H](CCC(=O)NN[C@@H](CC1CC1)C(N)=O)NC(=O)[C@H](Cc1cnc[nH]1)NC(=O)CNC(=O)[C@@H](NC(=O)[C@H](C)NC(=O)[C@H](Cc1c[nH]c2ccccc12)NC(=O)[C@H](CCC(N)=O)N(C)C(=O)CCCCNC(=O)c1ccc([S+](c2ccc(C)cc2)c2ccc(C)cc2)cc1)C(C)C. The fourth-order valence-corrected chi connectivity index (χ4v) is 13.4. The molecule has 6 aromatic rings. The number of benzene rings is 4. The number of nitrogens with two attached hydrogens (primary N) is 2. The smallest absolute Gasteiger partial charge is 0.251 e. The molecular weight excluding hydrogens is 1290 g/mol. The summed E-state index contributed by atoms with van der Waals surface area (Å²) in [5.74, 6) is -7.07. The lowest BCUT2D eigenvalue weighted by molar-refractivity contribution is -0.141. The molecule has 2 aromatic heterocycles. The van der Waals surface area contributed by atoms with Crippen LogP contribution in [0.1, 0.15) is 138 Å². The number of hydrazine groups is 1. The van der Waals surface area contributed by atoms with E-state index in [4.69, 9.17) is 11.5 Å².